The molecule has 0 atom stereocenters. The van der Waals surface area contributed by atoms with Crippen LogP contribution in [0.4, 0.5) is 5.69 Å². The van der Waals surface area contributed by atoms with E-state index in [1.54, 1.807) is 0 Å². The van der Waals surface area contributed by atoms with E-state index in [0.29, 0.717) is 12.6 Å². The topological polar surface area (TPSA) is 49.5 Å². The number of hydrogen-bond donors (Lipinski definition) is 2. The largest absolute Gasteiger partial charge is 0.398 e. The summed E-state index contributed by atoms with van der Waals surface area (Å²) >= 11 is 0. The molecule has 1 aromatic carbocycles. The molecule has 1 aromatic rings. The SMILES string of the molecule is CC(C)N(CCCCCO)Cc1ccccc1N. The van der Waals surface area contributed by atoms with E-state index in [2.05, 4.69) is 24.8 Å². The zero-order chi connectivity index (χ0) is 13.4. The van der Waals surface area contributed by atoms with Gasteiger partial charge in [-0.25, -0.2) is 0 Å². The summed E-state index contributed by atoms with van der Waals surface area (Å²) in [5.41, 5.74) is 8.06. The van der Waals surface area contributed by atoms with Gasteiger partial charge in [0.1, 0.15) is 0 Å². The molecule has 0 spiro atoms. The number of para-hydroxylation sites is 1. The number of nitrogens with two attached hydrogens (primary N) is 1. The molecule has 0 heterocycles. The van der Waals surface area contributed by atoms with Gasteiger partial charge >= 0.3 is 0 Å². The van der Waals surface area contributed by atoms with Crippen LogP contribution in [0.15, 0.2) is 24.3 Å². The molecule has 0 fully saturated rings. The number of rotatable bonds is 8. The van der Waals surface area contributed by atoms with Crippen LogP contribution in [0.3, 0.4) is 0 Å². The third-order valence-corrected chi connectivity index (χ3v) is 3.26. The maximum Gasteiger partial charge on any atom is 0.0431 e. The van der Waals surface area contributed by atoms with Crippen LogP contribution in [0.25, 0.3) is 0 Å². The number of aliphatic hydroxyl groups is 1. The highest BCUT2D eigenvalue weighted by atomic mass is 16.2. The van der Waals surface area contributed by atoms with Crippen LogP contribution in [0, 0.1) is 0 Å². The first-order chi connectivity index (χ1) is 8.65. The van der Waals surface area contributed by atoms with Gasteiger partial charge in [-0.05, 0) is 51.3 Å². The molecule has 0 radical (unpaired) electrons. The summed E-state index contributed by atoms with van der Waals surface area (Å²) in [4.78, 5) is 2.43. The van der Waals surface area contributed by atoms with Crippen LogP contribution >= 0.6 is 0 Å². The molecule has 3 nitrogen and oxygen atoms in total. The number of unbranched alkanes of at least 4 members (excludes halogenated alkanes) is 2. The van der Waals surface area contributed by atoms with Gasteiger partial charge in [-0.2, -0.15) is 0 Å². The third kappa shape index (κ3) is 5.07. The standard InChI is InChI=1S/C15H26N2O/c1-13(2)17(10-6-3-7-11-18)12-14-8-4-5-9-15(14)16/h4-5,8-9,13,18H,3,6-7,10-12,16H2,1-2H3. The molecular formula is C15H26N2O. The Labute approximate surface area is 111 Å². The van der Waals surface area contributed by atoms with Gasteiger partial charge in [0.25, 0.3) is 0 Å². The predicted molar refractivity (Wildman–Crippen MR) is 77.3 cm³/mol. The smallest absolute Gasteiger partial charge is 0.0431 e. The predicted octanol–water partition coefficient (Wildman–Crippen LogP) is 2.64. The van der Waals surface area contributed by atoms with E-state index >= 15 is 0 Å². The zero-order valence-corrected chi connectivity index (χ0v) is 11.6. The Bertz CT molecular complexity index is 339. The monoisotopic (exact) mass is 250 g/mol. The van der Waals surface area contributed by atoms with Gasteiger partial charge in [0.05, 0.1) is 0 Å². The second-order valence-electron chi connectivity index (χ2n) is 5.05. The number of aliphatic hydroxyl groups excluding tert-OH is 1. The van der Waals surface area contributed by atoms with Crippen LogP contribution < -0.4 is 5.73 Å². The van der Waals surface area contributed by atoms with E-state index in [1.807, 2.05) is 18.2 Å². The zero-order valence-electron chi connectivity index (χ0n) is 11.6. The lowest BCUT2D eigenvalue weighted by molar-refractivity contribution is 0.204. The lowest BCUT2D eigenvalue weighted by Gasteiger charge is -2.27. The lowest BCUT2D eigenvalue weighted by Crippen LogP contribution is -2.31. The summed E-state index contributed by atoms with van der Waals surface area (Å²) < 4.78 is 0. The van der Waals surface area contributed by atoms with Crippen molar-refractivity contribution in [1.82, 2.24) is 4.90 Å². The number of hydrogen-bond acceptors (Lipinski definition) is 3. The Morgan fingerprint density at radius 1 is 1.17 bits per heavy atom. The highest BCUT2D eigenvalue weighted by Gasteiger charge is 2.10. The van der Waals surface area contributed by atoms with Gasteiger partial charge in [-0.15, -0.1) is 0 Å². The minimum absolute atomic E-state index is 0.299. The Balaban J connectivity index is 2.50. The fraction of sp³-hybridized carbons (Fsp3) is 0.600. The van der Waals surface area contributed by atoms with Gasteiger partial charge in [-0.1, -0.05) is 18.2 Å². The van der Waals surface area contributed by atoms with Crippen molar-refractivity contribution in [2.45, 2.75) is 45.7 Å². The van der Waals surface area contributed by atoms with Gasteiger partial charge in [0.15, 0.2) is 0 Å². The molecule has 3 N–H and O–H groups in total. The van der Waals surface area contributed by atoms with Gasteiger partial charge in [0.2, 0.25) is 0 Å². The second-order valence-corrected chi connectivity index (χ2v) is 5.05. The van der Waals surface area contributed by atoms with Crippen LogP contribution in [0.1, 0.15) is 38.7 Å². The van der Waals surface area contributed by atoms with Crippen molar-refractivity contribution in [2.75, 3.05) is 18.9 Å². The Morgan fingerprint density at radius 3 is 2.50 bits per heavy atom. The molecule has 0 aliphatic heterocycles. The van der Waals surface area contributed by atoms with Gasteiger partial charge in [0, 0.05) is 24.9 Å². The van der Waals surface area contributed by atoms with Crippen molar-refractivity contribution in [3.8, 4) is 0 Å². The van der Waals surface area contributed by atoms with Crippen molar-refractivity contribution in [3.63, 3.8) is 0 Å². The van der Waals surface area contributed by atoms with Crippen LogP contribution in [0.5, 0.6) is 0 Å². The molecule has 0 aliphatic rings. The van der Waals surface area contributed by atoms with Crippen molar-refractivity contribution >= 4 is 5.69 Å². The highest BCUT2D eigenvalue weighted by Crippen LogP contribution is 2.15. The van der Waals surface area contributed by atoms with E-state index in [-0.39, 0.29) is 0 Å². The summed E-state index contributed by atoms with van der Waals surface area (Å²) in [5, 5.41) is 8.78. The molecule has 0 aromatic heterocycles. The summed E-state index contributed by atoms with van der Waals surface area (Å²) in [7, 11) is 0. The Morgan fingerprint density at radius 2 is 1.89 bits per heavy atom. The number of anilines is 1. The number of nitrogen functional groups attached to an aromatic ring is 1. The second kappa shape index (κ2) is 8.11. The molecule has 0 saturated heterocycles. The molecule has 1 rings (SSSR count). The Hall–Kier alpha value is -1.06. The van der Waals surface area contributed by atoms with Crippen LogP contribution in [-0.4, -0.2) is 29.2 Å². The van der Waals surface area contributed by atoms with Gasteiger partial charge in [-0.3, -0.25) is 4.90 Å². The van der Waals surface area contributed by atoms with Crippen LogP contribution in [-0.2, 0) is 6.54 Å². The van der Waals surface area contributed by atoms with E-state index in [0.717, 1.165) is 38.0 Å². The van der Waals surface area contributed by atoms with Crippen molar-refractivity contribution in [3.05, 3.63) is 29.8 Å². The molecule has 0 amide bonds. The molecule has 3 heteroatoms. The minimum Gasteiger partial charge on any atom is -0.398 e. The summed E-state index contributed by atoms with van der Waals surface area (Å²) in [6.07, 6.45) is 3.12. The van der Waals surface area contributed by atoms with E-state index in [9.17, 15) is 0 Å². The number of nitrogens with zero attached hydrogens (tertiary/aromatic N) is 1. The van der Waals surface area contributed by atoms with E-state index in [1.165, 1.54) is 5.56 Å². The van der Waals surface area contributed by atoms with Gasteiger partial charge < -0.3 is 10.8 Å². The molecular weight excluding hydrogens is 224 g/mol. The first-order valence-corrected chi connectivity index (χ1v) is 6.83. The summed E-state index contributed by atoms with van der Waals surface area (Å²) in [5.74, 6) is 0. The average molecular weight is 250 g/mol. The normalized spacial score (nSPS) is 11.4. The van der Waals surface area contributed by atoms with E-state index in [4.69, 9.17) is 10.8 Å². The fourth-order valence-electron chi connectivity index (χ4n) is 2.02. The molecule has 0 aliphatic carbocycles. The maximum absolute atomic E-state index is 8.78. The highest BCUT2D eigenvalue weighted by molar-refractivity contribution is 5.46. The molecule has 0 unspecified atom stereocenters. The molecule has 18 heavy (non-hydrogen) atoms. The van der Waals surface area contributed by atoms with Crippen LogP contribution in [0.2, 0.25) is 0 Å². The third-order valence-electron chi connectivity index (χ3n) is 3.26. The minimum atomic E-state index is 0.299. The number of benzene rings is 1. The average Bonchev–Trinajstić information content (AvgIpc) is 2.35. The first-order valence-electron chi connectivity index (χ1n) is 6.83. The van der Waals surface area contributed by atoms with Crippen molar-refractivity contribution in [2.24, 2.45) is 0 Å². The summed E-state index contributed by atoms with van der Waals surface area (Å²) in [6, 6.07) is 8.58. The lowest BCUT2D eigenvalue weighted by atomic mass is 10.1. The maximum atomic E-state index is 8.78. The molecule has 102 valence electrons. The van der Waals surface area contributed by atoms with Crippen molar-refractivity contribution in [1.29, 1.82) is 0 Å². The molecule has 0 bridgehead atoms. The Kier molecular flexibility index (Phi) is 6.76. The van der Waals surface area contributed by atoms with E-state index < -0.39 is 0 Å². The fourth-order valence-corrected chi connectivity index (χ4v) is 2.02. The quantitative estimate of drug-likeness (QED) is 0.551. The van der Waals surface area contributed by atoms with Crippen molar-refractivity contribution < 1.29 is 5.11 Å². The summed E-state index contributed by atoms with van der Waals surface area (Å²) in [6.45, 7) is 6.69. The molecule has 0 saturated carbocycles. The first kappa shape index (κ1) is 15.0.